The molecular formula is C29H28N2O5. The monoisotopic (exact) mass is 484 g/mol. The molecule has 0 unspecified atom stereocenters. The number of aromatic nitrogens is 1. The molecule has 0 radical (unpaired) electrons. The number of hydrogen-bond acceptors (Lipinski definition) is 6. The minimum atomic E-state index is -0.340. The number of Topliss-reactive ketones (excluding diaryl/α,β-unsaturated/α-hetero) is 1. The number of allylic oxidation sites excluding steroid dienone is 2. The molecule has 0 aliphatic rings. The van der Waals surface area contributed by atoms with Crippen LogP contribution in [0.5, 0.6) is 0 Å². The number of nitrogens with one attached hydrogen (secondary N) is 1. The molecule has 0 saturated heterocycles. The van der Waals surface area contributed by atoms with Crippen molar-refractivity contribution in [3.8, 4) is 22.8 Å². The molecule has 1 amide bonds. The maximum atomic E-state index is 12.1. The van der Waals surface area contributed by atoms with Gasteiger partial charge >= 0.3 is 0 Å². The molecule has 0 aliphatic carbocycles. The van der Waals surface area contributed by atoms with Crippen LogP contribution in [0.1, 0.15) is 41.8 Å². The van der Waals surface area contributed by atoms with E-state index in [1.807, 2.05) is 50.3 Å². The van der Waals surface area contributed by atoms with Crippen molar-refractivity contribution >= 4 is 17.4 Å². The van der Waals surface area contributed by atoms with Crippen LogP contribution in [-0.2, 0) is 4.74 Å². The predicted octanol–water partition coefficient (Wildman–Crippen LogP) is 7.17. The van der Waals surface area contributed by atoms with Crippen molar-refractivity contribution < 1.29 is 23.2 Å². The zero-order valence-electron chi connectivity index (χ0n) is 20.7. The fraction of sp³-hybridized carbons (Fsp3) is 0.138. The van der Waals surface area contributed by atoms with Crippen molar-refractivity contribution in [3.63, 3.8) is 0 Å². The van der Waals surface area contributed by atoms with Crippen LogP contribution >= 0.6 is 0 Å². The quantitative estimate of drug-likeness (QED) is 0.170. The van der Waals surface area contributed by atoms with E-state index in [1.165, 1.54) is 13.2 Å². The van der Waals surface area contributed by atoms with Gasteiger partial charge in [0.2, 0.25) is 5.89 Å². The van der Waals surface area contributed by atoms with Crippen LogP contribution in [0, 0.1) is 0 Å². The summed E-state index contributed by atoms with van der Waals surface area (Å²) >= 11 is 0. The lowest BCUT2D eigenvalue weighted by atomic mass is 10.1. The standard InChI is InChI=1S/C22H16N2O4.C7H12O/c1-14(25)19-20(28-22(24-19)16-6-3-2-4-7-16)15-9-11-17(12-10-15)23-21(26)18-8-5-13-27-18;1-5-6(2)7(3)8-4/h2-13H,1H3,(H,23,26);5H,3H2,1-2,4H3/b;6-5-. The summed E-state index contributed by atoms with van der Waals surface area (Å²) in [6, 6.07) is 19.6. The van der Waals surface area contributed by atoms with E-state index in [0.717, 1.165) is 16.9 Å². The molecule has 36 heavy (non-hydrogen) atoms. The summed E-state index contributed by atoms with van der Waals surface area (Å²) in [5, 5.41) is 2.75. The summed E-state index contributed by atoms with van der Waals surface area (Å²) < 4.78 is 15.8. The van der Waals surface area contributed by atoms with Crippen LogP contribution in [0.25, 0.3) is 22.8 Å². The number of ketones is 1. The third-order valence-corrected chi connectivity index (χ3v) is 5.25. The van der Waals surface area contributed by atoms with Crippen molar-refractivity contribution in [1.29, 1.82) is 0 Å². The number of carbonyl (C=O) groups excluding carboxylic acids is 2. The Balaban J connectivity index is 0.000000392. The van der Waals surface area contributed by atoms with E-state index in [9.17, 15) is 9.59 Å². The number of amides is 1. The van der Waals surface area contributed by atoms with Gasteiger partial charge in [0.25, 0.3) is 5.91 Å². The van der Waals surface area contributed by atoms with Gasteiger partial charge in [-0.2, -0.15) is 0 Å². The van der Waals surface area contributed by atoms with Gasteiger partial charge in [-0.15, -0.1) is 0 Å². The van der Waals surface area contributed by atoms with E-state index in [0.29, 0.717) is 22.9 Å². The van der Waals surface area contributed by atoms with Crippen LogP contribution < -0.4 is 5.32 Å². The van der Waals surface area contributed by atoms with Gasteiger partial charge < -0.3 is 18.9 Å². The van der Waals surface area contributed by atoms with E-state index in [2.05, 4.69) is 16.9 Å². The van der Waals surface area contributed by atoms with Gasteiger partial charge in [-0.3, -0.25) is 9.59 Å². The zero-order valence-corrected chi connectivity index (χ0v) is 20.7. The topological polar surface area (TPSA) is 94.6 Å². The first kappa shape index (κ1) is 26.0. The summed E-state index contributed by atoms with van der Waals surface area (Å²) in [5.74, 6) is 1.23. The second-order valence-electron chi connectivity index (χ2n) is 7.73. The number of furan rings is 1. The van der Waals surface area contributed by atoms with E-state index in [-0.39, 0.29) is 23.1 Å². The van der Waals surface area contributed by atoms with Crippen molar-refractivity contribution in [3.05, 3.63) is 108 Å². The summed E-state index contributed by atoms with van der Waals surface area (Å²) in [4.78, 5) is 28.5. The molecule has 0 bridgehead atoms. The fourth-order valence-corrected chi connectivity index (χ4v) is 3.09. The van der Waals surface area contributed by atoms with Crippen LogP contribution in [0.4, 0.5) is 5.69 Å². The molecule has 0 atom stereocenters. The number of rotatable bonds is 7. The number of methoxy groups -OCH3 is 1. The Labute approximate surface area is 210 Å². The average Bonchev–Trinajstić information content (AvgIpc) is 3.60. The highest BCUT2D eigenvalue weighted by Gasteiger charge is 2.19. The number of carbonyl (C=O) groups is 2. The van der Waals surface area contributed by atoms with Gasteiger partial charge in [-0.1, -0.05) is 30.9 Å². The molecule has 184 valence electrons. The number of nitrogens with zero attached hydrogens (tertiary/aromatic N) is 1. The van der Waals surface area contributed by atoms with Crippen molar-refractivity contribution in [2.75, 3.05) is 12.4 Å². The molecule has 0 saturated carbocycles. The molecule has 7 nitrogen and oxygen atoms in total. The van der Waals surface area contributed by atoms with Crippen LogP contribution in [0.15, 0.2) is 106 Å². The van der Waals surface area contributed by atoms with Gasteiger partial charge in [-0.25, -0.2) is 4.98 Å². The highest BCUT2D eigenvalue weighted by Crippen LogP contribution is 2.31. The van der Waals surface area contributed by atoms with Crippen molar-refractivity contribution in [2.45, 2.75) is 20.8 Å². The minimum Gasteiger partial charge on any atom is -0.497 e. The molecule has 7 heteroatoms. The van der Waals surface area contributed by atoms with Gasteiger partial charge in [0.1, 0.15) is 5.76 Å². The first-order chi connectivity index (χ1) is 17.3. The highest BCUT2D eigenvalue weighted by molar-refractivity contribution is 6.02. The maximum Gasteiger partial charge on any atom is 0.291 e. The maximum absolute atomic E-state index is 12.1. The van der Waals surface area contributed by atoms with Crippen molar-refractivity contribution in [2.24, 2.45) is 0 Å². The summed E-state index contributed by atoms with van der Waals surface area (Å²) in [7, 11) is 1.62. The molecule has 0 aliphatic heterocycles. The van der Waals surface area contributed by atoms with E-state index in [1.54, 1.807) is 43.5 Å². The largest absolute Gasteiger partial charge is 0.497 e. The molecule has 2 aromatic heterocycles. The Bertz CT molecular complexity index is 1350. The minimum absolute atomic E-state index is 0.184. The molecular weight excluding hydrogens is 456 g/mol. The lowest BCUT2D eigenvalue weighted by molar-refractivity contribution is 0.0993. The van der Waals surface area contributed by atoms with Gasteiger partial charge in [0, 0.05) is 23.7 Å². The predicted molar refractivity (Wildman–Crippen MR) is 140 cm³/mol. The summed E-state index contributed by atoms with van der Waals surface area (Å²) in [5.41, 5.74) is 3.44. The second-order valence-corrected chi connectivity index (χ2v) is 7.73. The Morgan fingerprint density at radius 2 is 1.67 bits per heavy atom. The first-order valence-electron chi connectivity index (χ1n) is 11.2. The lowest BCUT2D eigenvalue weighted by Crippen LogP contribution is -2.10. The molecule has 1 N–H and O–H groups in total. The van der Waals surface area contributed by atoms with E-state index in [4.69, 9.17) is 13.6 Å². The lowest BCUT2D eigenvalue weighted by Gasteiger charge is -2.04. The Morgan fingerprint density at radius 3 is 2.19 bits per heavy atom. The molecule has 0 fully saturated rings. The average molecular weight is 485 g/mol. The number of benzene rings is 2. The van der Waals surface area contributed by atoms with Crippen LogP contribution in [0.3, 0.4) is 0 Å². The Morgan fingerprint density at radius 1 is 0.972 bits per heavy atom. The highest BCUT2D eigenvalue weighted by atomic mass is 16.5. The number of hydrogen-bond donors (Lipinski definition) is 1. The van der Waals surface area contributed by atoms with Gasteiger partial charge in [0.05, 0.1) is 13.4 Å². The molecule has 2 heterocycles. The van der Waals surface area contributed by atoms with E-state index < -0.39 is 0 Å². The van der Waals surface area contributed by atoms with Crippen LogP contribution in [0.2, 0.25) is 0 Å². The third kappa shape index (κ3) is 6.48. The Kier molecular flexibility index (Phi) is 8.78. The smallest absolute Gasteiger partial charge is 0.291 e. The summed E-state index contributed by atoms with van der Waals surface area (Å²) in [6.45, 7) is 9.03. The molecule has 4 rings (SSSR count). The number of ether oxygens (including phenoxy) is 1. The first-order valence-corrected chi connectivity index (χ1v) is 11.2. The zero-order chi connectivity index (χ0) is 26.1. The second kappa shape index (κ2) is 12.2. The van der Waals surface area contributed by atoms with E-state index >= 15 is 0 Å². The number of oxazole rings is 1. The Hall–Kier alpha value is -4.65. The van der Waals surface area contributed by atoms with Gasteiger partial charge in [0.15, 0.2) is 23.0 Å². The molecule has 2 aromatic carbocycles. The SMILES string of the molecule is C=C(OC)/C(C)=C\C.CC(=O)c1nc(-c2ccccc2)oc1-c1ccc(NC(=O)c2ccco2)cc1. The third-order valence-electron chi connectivity index (χ3n) is 5.25. The molecule has 0 spiro atoms. The normalized spacial score (nSPS) is 10.7. The summed E-state index contributed by atoms with van der Waals surface area (Å²) in [6.07, 6.45) is 3.40. The molecule has 4 aromatic rings. The van der Waals surface area contributed by atoms with Crippen molar-refractivity contribution in [1.82, 2.24) is 4.98 Å². The van der Waals surface area contributed by atoms with Gasteiger partial charge in [-0.05, 0) is 68.0 Å². The van der Waals surface area contributed by atoms with Crippen LogP contribution in [-0.4, -0.2) is 23.8 Å². The number of anilines is 1. The fourth-order valence-electron chi connectivity index (χ4n) is 3.09.